The second-order valence-electron chi connectivity index (χ2n) is 7.42. The molecule has 7 nitrogen and oxygen atoms in total. The lowest BCUT2D eigenvalue weighted by Gasteiger charge is -2.25. The van der Waals surface area contributed by atoms with E-state index in [1.54, 1.807) is 24.3 Å². The number of Topliss-reactive ketones (excluding diaryl/α,β-unsaturated/α-hetero) is 1. The minimum atomic E-state index is -0.783. The number of amides is 1. The number of nitrogens with zero attached hydrogens (tertiary/aromatic N) is 1. The molecule has 1 fully saturated rings. The summed E-state index contributed by atoms with van der Waals surface area (Å²) in [5.41, 5.74) is 2.93. The highest BCUT2D eigenvalue weighted by Crippen LogP contribution is 2.42. The number of aryl methyl sites for hydroxylation is 2. The van der Waals surface area contributed by atoms with Gasteiger partial charge < -0.3 is 24.2 Å². The summed E-state index contributed by atoms with van der Waals surface area (Å²) in [7, 11) is 4.57. The van der Waals surface area contributed by atoms with Crippen molar-refractivity contribution in [2.45, 2.75) is 19.9 Å². The van der Waals surface area contributed by atoms with Gasteiger partial charge in [0.15, 0.2) is 11.5 Å². The Morgan fingerprint density at radius 2 is 1.71 bits per heavy atom. The van der Waals surface area contributed by atoms with Crippen LogP contribution in [0, 0.1) is 13.8 Å². The molecule has 0 bridgehead atoms. The number of methoxy groups -OCH3 is 3. The second kappa shape index (κ2) is 9.22. The van der Waals surface area contributed by atoms with Crippen molar-refractivity contribution in [3.8, 4) is 11.5 Å². The van der Waals surface area contributed by atoms with Crippen molar-refractivity contribution >= 4 is 17.4 Å². The first-order valence-corrected chi connectivity index (χ1v) is 9.90. The summed E-state index contributed by atoms with van der Waals surface area (Å²) in [5, 5.41) is 11.2. The third-order valence-corrected chi connectivity index (χ3v) is 5.45. The molecule has 1 atom stereocenters. The highest BCUT2D eigenvalue weighted by molar-refractivity contribution is 6.46. The number of ether oxygens (including phenoxy) is 3. The molecule has 1 amide bonds. The van der Waals surface area contributed by atoms with E-state index in [0.29, 0.717) is 22.6 Å². The van der Waals surface area contributed by atoms with Crippen molar-refractivity contribution in [3.05, 3.63) is 64.2 Å². The highest BCUT2D eigenvalue weighted by atomic mass is 16.5. The molecule has 164 valence electrons. The fourth-order valence-electron chi connectivity index (χ4n) is 3.81. The molecule has 3 rings (SSSR count). The average Bonchev–Trinajstić information content (AvgIpc) is 3.03. The van der Waals surface area contributed by atoms with E-state index in [1.807, 2.05) is 26.0 Å². The van der Waals surface area contributed by atoms with Crippen molar-refractivity contribution in [1.82, 2.24) is 4.90 Å². The summed E-state index contributed by atoms with van der Waals surface area (Å²) in [6, 6.07) is 10.0. The molecule has 1 N–H and O–H groups in total. The van der Waals surface area contributed by atoms with Gasteiger partial charge in [-0.05, 0) is 43.2 Å². The van der Waals surface area contributed by atoms with Gasteiger partial charge in [0.2, 0.25) is 0 Å². The zero-order chi connectivity index (χ0) is 22.7. The Morgan fingerprint density at radius 3 is 2.35 bits per heavy atom. The Bertz CT molecular complexity index is 1040. The first-order valence-electron chi connectivity index (χ1n) is 9.90. The van der Waals surface area contributed by atoms with Crippen LogP contribution in [0.3, 0.4) is 0 Å². The lowest BCUT2D eigenvalue weighted by atomic mass is 9.93. The molecular formula is C24H27NO6. The predicted molar refractivity (Wildman–Crippen MR) is 116 cm³/mol. The zero-order valence-corrected chi connectivity index (χ0v) is 18.4. The van der Waals surface area contributed by atoms with Gasteiger partial charge in [0, 0.05) is 19.2 Å². The van der Waals surface area contributed by atoms with Crippen molar-refractivity contribution in [2.75, 3.05) is 34.5 Å². The number of aliphatic hydroxyl groups is 1. The molecule has 7 heteroatoms. The maximum absolute atomic E-state index is 13.0. The Labute approximate surface area is 181 Å². The Morgan fingerprint density at radius 1 is 1.00 bits per heavy atom. The number of likely N-dealkylation sites (tertiary alicyclic amines) is 1. The third kappa shape index (κ3) is 4.14. The van der Waals surface area contributed by atoms with E-state index in [1.165, 1.54) is 26.2 Å². The number of aliphatic hydroxyl groups excluding tert-OH is 1. The minimum Gasteiger partial charge on any atom is -0.507 e. The first kappa shape index (κ1) is 22.4. The summed E-state index contributed by atoms with van der Waals surface area (Å²) >= 11 is 0. The van der Waals surface area contributed by atoms with Crippen LogP contribution in [0.4, 0.5) is 0 Å². The number of benzene rings is 2. The van der Waals surface area contributed by atoms with Crippen molar-refractivity contribution in [3.63, 3.8) is 0 Å². The highest BCUT2D eigenvalue weighted by Gasteiger charge is 2.46. The molecule has 1 aliphatic rings. The molecule has 1 unspecified atom stereocenters. The lowest BCUT2D eigenvalue weighted by Crippen LogP contribution is -2.32. The quantitative estimate of drug-likeness (QED) is 0.416. The molecule has 0 aliphatic carbocycles. The van der Waals surface area contributed by atoms with Gasteiger partial charge in [0.1, 0.15) is 5.76 Å². The predicted octanol–water partition coefficient (Wildman–Crippen LogP) is 3.39. The number of hydrogen-bond acceptors (Lipinski definition) is 6. The molecule has 0 saturated carbocycles. The Balaban J connectivity index is 2.24. The van der Waals surface area contributed by atoms with E-state index >= 15 is 0 Å². The maximum atomic E-state index is 13.0. The van der Waals surface area contributed by atoms with E-state index in [-0.39, 0.29) is 24.5 Å². The van der Waals surface area contributed by atoms with Gasteiger partial charge in [-0.3, -0.25) is 9.59 Å². The number of rotatable bonds is 7. The van der Waals surface area contributed by atoms with Crippen LogP contribution in [0.15, 0.2) is 42.0 Å². The van der Waals surface area contributed by atoms with Gasteiger partial charge in [0.05, 0.1) is 32.4 Å². The molecule has 2 aromatic rings. The minimum absolute atomic E-state index is 0.0435. The molecule has 1 saturated heterocycles. The monoisotopic (exact) mass is 425 g/mol. The van der Waals surface area contributed by atoms with Gasteiger partial charge in [-0.25, -0.2) is 0 Å². The molecular weight excluding hydrogens is 398 g/mol. The van der Waals surface area contributed by atoms with Crippen LogP contribution in [0.25, 0.3) is 5.76 Å². The molecule has 0 aromatic heterocycles. The van der Waals surface area contributed by atoms with Crippen LogP contribution in [0.1, 0.15) is 28.3 Å². The first-order chi connectivity index (χ1) is 14.8. The van der Waals surface area contributed by atoms with Gasteiger partial charge >= 0.3 is 0 Å². The van der Waals surface area contributed by atoms with Gasteiger partial charge in [-0.2, -0.15) is 0 Å². The SMILES string of the molecule is COCCN1C(=O)C(=O)C(=C(O)c2cc(C)ccc2C)C1c1ccc(OC)c(OC)c1. The van der Waals surface area contributed by atoms with E-state index in [4.69, 9.17) is 14.2 Å². The topological polar surface area (TPSA) is 85.3 Å². The Hall–Kier alpha value is -3.32. The smallest absolute Gasteiger partial charge is 0.295 e. The van der Waals surface area contributed by atoms with E-state index in [2.05, 4.69) is 0 Å². The number of carbonyl (C=O) groups excluding carboxylic acids is 2. The number of carbonyl (C=O) groups is 2. The summed E-state index contributed by atoms with van der Waals surface area (Å²) in [6.07, 6.45) is 0. The normalized spacial score (nSPS) is 17.8. The van der Waals surface area contributed by atoms with Gasteiger partial charge in [-0.1, -0.05) is 23.8 Å². The Kier molecular flexibility index (Phi) is 6.65. The van der Waals surface area contributed by atoms with Crippen molar-refractivity contribution in [1.29, 1.82) is 0 Å². The molecule has 1 aliphatic heterocycles. The summed E-state index contributed by atoms with van der Waals surface area (Å²) in [4.78, 5) is 27.4. The summed E-state index contributed by atoms with van der Waals surface area (Å²) < 4.78 is 15.9. The van der Waals surface area contributed by atoms with E-state index in [9.17, 15) is 14.7 Å². The van der Waals surface area contributed by atoms with Gasteiger partial charge in [-0.15, -0.1) is 0 Å². The van der Waals surface area contributed by atoms with Crippen LogP contribution < -0.4 is 9.47 Å². The average molecular weight is 425 g/mol. The largest absolute Gasteiger partial charge is 0.507 e. The van der Waals surface area contributed by atoms with Crippen LogP contribution in [0.5, 0.6) is 11.5 Å². The zero-order valence-electron chi connectivity index (χ0n) is 18.4. The summed E-state index contributed by atoms with van der Waals surface area (Å²) in [5.74, 6) is -0.615. The van der Waals surface area contributed by atoms with Gasteiger partial charge in [0.25, 0.3) is 11.7 Å². The molecule has 2 aromatic carbocycles. The van der Waals surface area contributed by atoms with E-state index in [0.717, 1.165) is 11.1 Å². The number of ketones is 1. The standard InChI is InChI=1S/C24H27NO6/c1-14-6-7-15(2)17(12-14)22(26)20-21(25(10-11-29-3)24(28)23(20)27)16-8-9-18(30-4)19(13-16)31-5/h6-9,12-13,21,26H,10-11H2,1-5H3. The van der Waals surface area contributed by atoms with Crippen molar-refractivity contribution in [2.24, 2.45) is 0 Å². The number of hydrogen-bond donors (Lipinski definition) is 1. The van der Waals surface area contributed by atoms with Crippen LogP contribution in [-0.2, 0) is 14.3 Å². The van der Waals surface area contributed by atoms with Crippen LogP contribution in [-0.4, -0.2) is 56.2 Å². The second-order valence-corrected chi connectivity index (χ2v) is 7.42. The molecule has 0 radical (unpaired) electrons. The van der Waals surface area contributed by atoms with Crippen molar-refractivity contribution < 1.29 is 28.9 Å². The molecule has 1 heterocycles. The maximum Gasteiger partial charge on any atom is 0.295 e. The molecule has 31 heavy (non-hydrogen) atoms. The fourth-order valence-corrected chi connectivity index (χ4v) is 3.81. The fraction of sp³-hybridized carbons (Fsp3) is 0.333. The van der Waals surface area contributed by atoms with Crippen LogP contribution >= 0.6 is 0 Å². The lowest BCUT2D eigenvalue weighted by molar-refractivity contribution is -0.140. The van der Waals surface area contributed by atoms with E-state index < -0.39 is 17.7 Å². The molecule has 0 spiro atoms. The van der Waals surface area contributed by atoms with Crippen LogP contribution in [0.2, 0.25) is 0 Å². The third-order valence-electron chi connectivity index (χ3n) is 5.45. The summed E-state index contributed by atoms with van der Waals surface area (Å²) in [6.45, 7) is 4.20.